The molecule has 5 nitrogen and oxygen atoms in total. The van der Waals surface area contributed by atoms with E-state index in [1.54, 1.807) is 4.90 Å². The van der Waals surface area contributed by atoms with Crippen LogP contribution >= 0.6 is 12.2 Å². The molecule has 0 bridgehead atoms. The number of hydrogen-bond acceptors (Lipinski definition) is 4. The molecule has 1 amide bonds. The van der Waals surface area contributed by atoms with E-state index < -0.39 is 0 Å². The Balaban J connectivity index is 1.73. The molecule has 1 saturated carbocycles. The molecule has 1 aliphatic carbocycles. The molecule has 0 spiro atoms. The van der Waals surface area contributed by atoms with Crippen LogP contribution in [0.2, 0.25) is 0 Å². The van der Waals surface area contributed by atoms with Gasteiger partial charge >= 0.3 is 0 Å². The summed E-state index contributed by atoms with van der Waals surface area (Å²) in [5.41, 5.74) is 5.46. The number of hydrogen-bond donors (Lipinski definition) is 1. The van der Waals surface area contributed by atoms with Gasteiger partial charge in [0.1, 0.15) is 0 Å². The molecule has 0 aromatic carbocycles. The van der Waals surface area contributed by atoms with Gasteiger partial charge in [0.05, 0.1) is 17.7 Å². The Kier molecular flexibility index (Phi) is 5.74. The van der Waals surface area contributed by atoms with Gasteiger partial charge in [-0.3, -0.25) is 9.69 Å². The third kappa shape index (κ3) is 4.14. The maximum absolute atomic E-state index is 12.1. The highest BCUT2D eigenvalue weighted by Gasteiger charge is 2.35. The highest BCUT2D eigenvalue weighted by atomic mass is 32.1. The van der Waals surface area contributed by atoms with Crippen molar-refractivity contribution in [3.63, 3.8) is 0 Å². The zero-order valence-electron chi connectivity index (χ0n) is 12.2. The highest BCUT2D eigenvalue weighted by Crippen LogP contribution is 2.29. The normalized spacial score (nSPS) is 26.2. The van der Waals surface area contributed by atoms with Gasteiger partial charge in [-0.25, -0.2) is 0 Å². The molecule has 2 aliphatic rings. The summed E-state index contributed by atoms with van der Waals surface area (Å²) in [6, 6.07) is 0.526. The van der Waals surface area contributed by atoms with Gasteiger partial charge < -0.3 is 15.4 Å². The van der Waals surface area contributed by atoms with Crippen LogP contribution in [0.15, 0.2) is 0 Å². The maximum atomic E-state index is 12.1. The van der Waals surface area contributed by atoms with Crippen molar-refractivity contribution in [3.05, 3.63) is 0 Å². The third-order valence-electron chi connectivity index (χ3n) is 4.33. The average Bonchev–Trinajstić information content (AvgIpc) is 2.90. The Labute approximate surface area is 126 Å². The van der Waals surface area contributed by atoms with Gasteiger partial charge in [-0.2, -0.15) is 0 Å². The van der Waals surface area contributed by atoms with Crippen LogP contribution in [0, 0.1) is 0 Å². The Bertz CT molecular complexity index is 364. The number of fused-ring (bicyclic) bond motifs is 1. The summed E-state index contributed by atoms with van der Waals surface area (Å²) in [5, 5.41) is 0. The molecule has 0 aromatic heterocycles. The molecule has 1 saturated heterocycles. The number of nitrogens with zero attached hydrogens (tertiary/aromatic N) is 2. The molecule has 0 aromatic rings. The fourth-order valence-corrected chi connectivity index (χ4v) is 3.21. The second kappa shape index (κ2) is 7.33. The summed E-state index contributed by atoms with van der Waals surface area (Å²) >= 11 is 4.84. The van der Waals surface area contributed by atoms with Crippen molar-refractivity contribution in [2.24, 2.45) is 5.73 Å². The minimum absolute atomic E-state index is 0.169. The summed E-state index contributed by atoms with van der Waals surface area (Å²) in [7, 11) is 1.82. The predicted octanol–water partition coefficient (Wildman–Crippen LogP) is 0.764. The molecule has 114 valence electrons. The number of carbonyl (C=O) groups excluding carboxylic acids is 1. The van der Waals surface area contributed by atoms with Gasteiger partial charge in [0.2, 0.25) is 5.91 Å². The fourth-order valence-electron chi connectivity index (χ4n) is 3.12. The number of morpholine rings is 1. The van der Waals surface area contributed by atoms with Gasteiger partial charge in [-0.15, -0.1) is 0 Å². The van der Waals surface area contributed by atoms with Crippen LogP contribution in [0.3, 0.4) is 0 Å². The topological polar surface area (TPSA) is 58.8 Å². The highest BCUT2D eigenvalue weighted by molar-refractivity contribution is 7.80. The van der Waals surface area contributed by atoms with Crippen molar-refractivity contribution in [2.45, 2.75) is 44.2 Å². The van der Waals surface area contributed by atoms with E-state index in [-0.39, 0.29) is 5.91 Å². The fraction of sp³-hybridized carbons (Fsp3) is 0.857. The number of carbonyl (C=O) groups is 1. The summed E-state index contributed by atoms with van der Waals surface area (Å²) in [6.45, 7) is 3.20. The summed E-state index contributed by atoms with van der Waals surface area (Å²) in [4.78, 5) is 16.7. The molecule has 0 radical (unpaired) electrons. The molecule has 2 unspecified atom stereocenters. The Hall–Kier alpha value is -0.720. The van der Waals surface area contributed by atoms with Gasteiger partial charge in [-0.05, 0) is 19.3 Å². The van der Waals surface area contributed by atoms with Crippen molar-refractivity contribution in [1.29, 1.82) is 0 Å². The van der Waals surface area contributed by atoms with E-state index in [4.69, 9.17) is 22.7 Å². The lowest BCUT2D eigenvalue weighted by molar-refractivity contribution is -0.131. The lowest BCUT2D eigenvalue weighted by Gasteiger charge is -2.37. The van der Waals surface area contributed by atoms with Crippen molar-refractivity contribution in [3.8, 4) is 0 Å². The van der Waals surface area contributed by atoms with E-state index >= 15 is 0 Å². The number of ether oxygens (including phenoxy) is 1. The van der Waals surface area contributed by atoms with E-state index in [1.807, 2.05) is 7.05 Å². The second-order valence-corrected chi connectivity index (χ2v) is 6.25. The minimum atomic E-state index is 0.169. The van der Waals surface area contributed by atoms with Gasteiger partial charge in [0, 0.05) is 45.6 Å². The zero-order chi connectivity index (χ0) is 14.5. The largest absolute Gasteiger partial charge is 0.393 e. The monoisotopic (exact) mass is 299 g/mol. The van der Waals surface area contributed by atoms with Crippen LogP contribution in [0.1, 0.15) is 32.1 Å². The van der Waals surface area contributed by atoms with Gasteiger partial charge in [0.15, 0.2) is 0 Å². The van der Waals surface area contributed by atoms with Crippen molar-refractivity contribution in [2.75, 3.05) is 33.3 Å². The van der Waals surface area contributed by atoms with Crippen LogP contribution in [-0.4, -0.2) is 66.1 Å². The lowest BCUT2D eigenvalue weighted by Crippen LogP contribution is -2.49. The Morgan fingerprint density at radius 1 is 1.45 bits per heavy atom. The molecule has 2 N–H and O–H groups in total. The first-order valence-corrected chi connectivity index (χ1v) is 7.86. The molecule has 1 aliphatic heterocycles. The van der Waals surface area contributed by atoms with Crippen molar-refractivity contribution < 1.29 is 9.53 Å². The predicted molar refractivity (Wildman–Crippen MR) is 82.6 cm³/mol. The van der Waals surface area contributed by atoms with E-state index in [1.165, 1.54) is 19.3 Å². The molecule has 6 heteroatoms. The van der Waals surface area contributed by atoms with E-state index in [2.05, 4.69) is 4.90 Å². The molecular weight excluding hydrogens is 274 g/mol. The minimum Gasteiger partial charge on any atom is -0.393 e. The van der Waals surface area contributed by atoms with Crippen LogP contribution in [0.25, 0.3) is 0 Å². The average molecular weight is 299 g/mol. The number of rotatable bonds is 6. The number of nitrogens with two attached hydrogens (primary N) is 1. The maximum Gasteiger partial charge on any atom is 0.223 e. The van der Waals surface area contributed by atoms with Crippen molar-refractivity contribution >= 4 is 23.1 Å². The summed E-state index contributed by atoms with van der Waals surface area (Å²) in [6.07, 6.45) is 5.18. The third-order valence-corrected chi connectivity index (χ3v) is 4.53. The Morgan fingerprint density at radius 3 is 3.00 bits per heavy atom. The Morgan fingerprint density at radius 2 is 2.25 bits per heavy atom. The lowest BCUT2D eigenvalue weighted by atomic mass is 10.1. The first kappa shape index (κ1) is 15.7. The SMILES string of the molecule is CN(CCC(N)=S)C(=O)CCN1CCOC2CCCC21. The van der Waals surface area contributed by atoms with Crippen LogP contribution in [0.5, 0.6) is 0 Å². The molecule has 1 heterocycles. The smallest absolute Gasteiger partial charge is 0.223 e. The van der Waals surface area contributed by atoms with E-state index in [0.717, 1.165) is 19.7 Å². The first-order chi connectivity index (χ1) is 9.58. The molecular formula is C14H25N3O2S. The molecule has 2 rings (SSSR count). The number of thiocarbonyl (C=S) groups is 1. The molecule has 20 heavy (non-hydrogen) atoms. The summed E-state index contributed by atoms with van der Waals surface area (Å²) < 4.78 is 5.79. The standard InChI is InChI=1S/C14H25N3O2S/c1-16(7-5-13(15)20)14(18)6-8-17-9-10-19-12-4-2-3-11(12)17/h11-12H,2-10H2,1H3,(H2,15,20). The van der Waals surface area contributed by atoms with Crippen LogP contribution in [-0.2, 0) is 9.53 Å². The zero-order valence-corrected chi connectivity index (χ0v) is 13.0. The van der Waals surface area contributed by atoms with Gasteiger partial charge in [0.25, 0.3) is 0 Å². The van der Waals surface area contributed by atoms with E-state index in [9.17, 15) is 4.79 Å². The van der Waals surface area contributed by atoms with Crippen LogP contribution < -0.4 is 5.73 Å². The quantitative estimate of drug-likeness (QED) is 0.734. The van der Waals surface area contributed by atoms with Crippen molar-refractivity contribution in [1.82, 2.24) is 9.80 Å². The molecule has 2 atom stereocenters. The summed E-state index contributed by atoms with van der Waals surface area (Å²) in [5.74, 6) is 0.169. The number of amides is 1. The van der Waals surface area contributed by atoms with Crippen LogP contribution in [0.4, 0.5) is 0 Å². The van der Waals surface area contributed by atoms with Gasteiger partial charge in [-0.1, -0.05) is 12.2 Å². The first-order valence-electron chi connectivity index (χ1n) is 7.46. The second-order valence-electron chi connectivity index (χ2n) is 5.73. The van der Waals surface area contributed by atoms with E-state index in [0.29, 0.717) is 36.5 Å². The molecule has 2 fully saturated rings.